The predicted molar refractivity (Wildman–Crippen MR) is 116 cm³/mol. The second-order valence-corrected chi connectivity index (χ2v) is 47.2. The van der Waals surface area contributed by atoms with Crippen molar-refractivity contribution in [1.29, 1.82) is 0 Å². The first-order valence-electron chi connectivity index (χ1n) is 8.29. The molecule has 0 amide bonds. The van der Waals surface area contributed by atoms with E-state index in [9.17, 15) is 0 Å². The Morgan fingerprint density at radius 2 is 1.30 bits per heavy atom. The first-order valence-corrected chi connectivity index (χ1v) is 27.0. The van der Waals surface area contributed by atoms with Gasteiger partial charge in [0.1, 0.15) is 0 Å². The van der Waals surface area contributed by atoms with E-state index in [4.69, 9.17) is 0 Å². The van der Waals surface area contributed by atoms with E-state index in [1.807, 2.05) is 36.4 Å². The fourth-order valence-corrected chi connectivity index (χ4v) is 16.6. The molecule has 0 fully saturated rings. The molecule has 5 heteroatoms. The third-order valence-electron chi connectivity index (χ3n) is 3.38. The zero-order valence-corrected chi connectivity index (χ0v) is 20.6. The molecule has 0 N–H and O–H groups in total. The summed E-state index contributed by atoms with van der Waals surface area (Å²) < 4.78 is 3.04. The molecule has 2 rings (SSSR count). The van der Waals surface area contributed by atoms with Gasteiger partial charge >= 0.3 is 91.9 Å². The van der Waals surface area contributed by atoms with Crippen LogP contribution in [0.2, 0.25) is 8.87 Å². The van der Waals surface area contributed by atoms with Crippen LogP contribution in [0.3, 0.4) is 0 Å². The summed E-state index contributed by atoms with van der Waals surface area (Å²) in [7, 11) is 0. The quantitative estimate of drug-likeness (QED) is 0.254. The van der Waals surface area contributed by atoms with Gasteiger partial charge in [0, 0.05) is 12.4 Å². The molecule has 0 unspecified atom stereocenters. The van der Waals surface area contributed by atoms with Crippen molar-refractivity contribution >= 4 is 43.5 Å². The molecule has 0 bridgehead atoms. The average molecular weight is 596 g/mol. The van der Waals surface area contributed by atoms with E-state index in [0.29, 0.717) is 0 Å². The van der Waals surface area contributed by atoms with E-state index in [0.717, 1.165) is 11.4 Å². The Labute approximate surface area is 160 Å². The molecular formula is C18H26BrIN2Sn. The van der Waals surface area contributed by atoms with Crippen LogP contribution < -0.4 is 0 Å². The zero-order chi connectivity index (χ0) is 17.0. The second kappa shape index (κ2) is 12.6. The summed E-state index contributed by atoms with van der Waals surface area (Å²) in [5.74, 6) is 0. The molecular weight excluding hydrogens is 570 g/mol. The van der Waals surface area contributed by atoms with Gasteiger partial charge in [-0.15, -0.1) is 0 Å². The van der Waals surface area contributed by atoms with E-state index in [2.05, 4.69) is 55.2 Å². The van der Waals surface area contributed by atoms with Gasteiger partial charge in [0.25, 0.3) is 0 Å². The van der Waals surface area contributed by atoms with Crippen LogP contribution >= 0.6 is 31.3 Å². The predicted octanol–water partition coefficient (Wildman–Crippen LogP) is 7.00. The first-order chi connectivity index (χ1) is 11.1. The smallest absolute Gasteiger partial charge is 0.0886 e. The van der Waals surface area contributed by atoms with Crippen molar-refractivity contribution in [2.24, 2.45) is 0 Å². The van der Waals surface area contributed by atoms with E-state index in [1.165, 1.54) is 34.6 Å². The molecule has 0 saturated carbocycles. The number of hydrogen-bond donors (Lipinski definition) is 0. The topological polar surface area (TPSA) is 25.8 Å². The Morgan fingerprint density at radius 3 is 1.61 bits per heavy atom. The molecule has 0 aliphatic heterocycles. The van der Waals surface area contributed by atoms with Crippen molar-refractivity contribution in [3.05, 3.63) is 48.8 Å². The molecule has 0 aromatic carbocycles. The van der Waals surface area contributed by atoms with Crippen LogP contribution in [-0.2, 0) is 0 Å². The Hall–Kier alpha value is 0.309. The van der Waals surface area contributed by atoms with Crippen LogP contribution in [-0.4, -0.2) is 22.2 Å². The van der Waals surface area contributed by atoms with Gasteiger partial charge in [0.2, 0.25) is 0 Å². The minimum absolute atomic E-state index is 0.915. The largest absolute Gasteiger partial charge is 0.255 e. The number of unbranched alkanes of at least 4 members (excludes halogenated alkanes) is 2. The SMILES string of the molecule is CCC[CH2][Sn]([Br])([I])[CH2]CCC.c1ccc(-c2ccccn2)nc1. The molecule has 2 nitrogen and oxygen atoms in total. The number of halogens is 2. The Kier molecular flexibility index (Phi) is 11.7. The van der Waals surface area contributed by atoms with E-state index in [-0.39, 0.29) is 0 Å². The summed E-state index contributed by atoms with van der Waals surface area (Å²) >= 11 is 5.08. The van der Waals surface area contributed by atoms with Crippen molar-refractivity contribution in [1.82, 2.24) is 9.97 Å². The fourth-order valence-electron chi connectivity index (χ4n) is 2.02. The molecule has 2 aromatic rings. The standard InChI is InChI=1S/C10H8N2.2C4H9.BrH.HI.Sn/c1-3-7-11-9(5-1)10-6-2-4-8-12-10;2*1-3-4-2;;;/h1-8H;2*1,3-4H2,2H3;2*1H;/q;;;;;+2/p-2. The summed E-state index contributed by atoms with van der Waals surface area (Å²) in [4.78, 5) is 8.37. The van der Waals surface area contributed by atoms with Gasteiger partial charge in [-0.05, 0) is 24.3 Å². The van der Waals surface area contributed by atoms with Gasteiger partial charge in [-0.2, -0.15) is 0 Å². The van der Waals surface area contributed by atoms with Crippen molar-refractivity contribution < 1.29 is 0 Å². The minimum Gasteiger partial charge on any atom is -0.255 e. The van der Waals surface area contributed by atoms with Crippen LogP contribution in [0, 0.1) is 0 Å². The minimum atomic E-state index is -1.65. The summed E-state index contributed by atoms with van der Waals surface area (Å²) in [6, 6.07) is 11.6. The zero-order valence-electron chi connectivity index (χ0n) is 14.0. The van der Waals surface area contributed by atoms with Crippen LogP contribution in [0.1, 0.15) is 39.5 Å². The summed E-state index contributed by atoms with van der Waals surface area (Å²) in [5.41, 5.74) is 1.83. The number of pyridine rings is 2. The third-order valence-corrected chi connectivity index (χ3v) is 22.1. The monoisotopic (exact) mass is 596 g/mol. The van der Waals surface area contributed by atoms with Gasteiger partial charge in [-0.3, -0.25) is 9.97 Å². The molecule has 0 aliphatic carbocycles. The summed E-state index contributed by atoms with van der Waals surface area (Å²) in [5, 5.41) is 0. The van der Waals surface area contributed by atoms with Gasteiger partial charge in [0.05, 0.1) is 11.4 Å². The molecule has 0 radical (unpaired) electrons. The molecule has 23 heavy (non-hydrogen) atoms. The number of rotatable bonds is 7. The summed E-state index contributed by atoms with van der Waals surface area (Å²) in [6.07, 6.45) is 9.13. The molecule has 126 valence electrons. The van der Waals surface area contributed by atoms with Gasteiger partial charge in [-0.25, -0.2) is 0 Å². The van der Waals surface area contributed by atoms with E-state index >= 15 is 0 Å². The molecule has 0 atom stereocenters. The van der Waals surface area contributed by atoms with Crippen molar-refractivity contribution in [2.45, 2.75) is 48.4 Å². The van der Waals surface area contributed by atoms with Crippen LogP contribution in [0.25, 0.3) is 11.4 Å². The van der Waals surface area contributed by atoms with Gasteiger partial charge in [-0.1, -0.05) is 12.1 Å². The van der Waals surface area contributed by atoms with Crippen molar-refractivity contribution in [3.63, 3.8) is 0 Å². The normalized spacial score (nSPS) is 10.8. The maximum Gasteiger partial charge on any atom is 0.0886 e. The number of hydrogen-bond acceptors (Lipinski definition) is 2. The molecule has 0 saturated heterocycles. The fraction of sp³-hybridized carbons (Fsp3) is 0.444. The van der Waals surface area contributed by atoms with Crippen LogP contribution in [0.15, 0.2) is 48.8 Å². The van der Waals surface area contributed by atoms with Crippen LogP contribution in [0.5, 0.6) is 0 Å². The first kappa shape index (κ1) is 21.4. The molecule has 2 heterocycles. The van der Waals surface area contributed by atoms with Crippen LogP contribution in [0.4, 0.5) is 0 Å². The van der Waals surface area contributed by atoms with Crippen molar-refractivity contribution in [2.75, 3.05) is 0 Å². The maximum absolute atomic E-state index is 4.19. The second-order valence-electron chi connectivity index (χ2n) is 5.49. The third kappa shape index (κ3) is 10.0. The summed E-state index contributed by atoms with van der Waals surface area (Å²) in [6.45, 7) is 4.57. The van der Waals surface area contributed by atoms with Gasteiger partial charge in [0.15, 0.2) is 0 Å². The molecule has 2 aromatic heterocycles. The molecule has 0 aliphatic rings. The average Bonchev–Trinajstić information content (AvgIpc) is 2.60. The maximum atomic E-state index is 4.19. The van der Waals surface area contributed by atoms with E-state index in [1.54, 1.807) is 12.4 Å². The number of aromatic nitrogens is 2. The van der Waals surface area contributed by atoms with Gasteiger partial charge < -0.3 is 0 Å². The Balaban J connectivity index is 0.000000232. The Bertz CT molecular complexity index is 476. The molecule has 0 spiro atoms. The number of nitrogens with zero attached hydrogens (tertiary/aromatic N) is 2. The van der Waals surface area contributed by atoms with E-state index < -0.39 is 12.2 Å². The Morgan fingerprint density at radius 1 is 0.870 bits per heavy atom. The van der Waals surface area contributed by atoms with Crippen molar-refractivity contribution in [3.8, 4) is 11.4 Å².